The van der Waals surface area contributed by atoms with Gasteiger partial charge < -0.3 is 15.2 Å². The van der Waals surface area contributed by atoms with Gasteiger partial charge in [0.25, 0.3) is 5.56 Å². The van der Waals surface area contributed by atoms with Gasteiger partial charge in [0.1, 0.15) is 5.82 Å². The van der Waals surface area contributed by atoms with Gasteiger partial charge in [-0.15, -0.1) is 0 Å². The van der Waals surface area contributed by atoms with E-state index in [1.807, 2.05) is 4.90 Å². The van der Waals surface area contributed by atoms with Gasteiger partial charge in [0, 0.05) is 24.8 Å². The van der Waals surface area contributed by atoms with Crippen molar-refractivity contribution in [2.24, 2.45) is 5.41 Å². The average molecular weight is 304 g/mol. The van der Waals surface area contributed by atoms with E-state index in [0.29, 0.717) is 16.8 Å². The van der Waals surface area contributed by atoms with Crippen molar-refractivity contribution in [2.45, 2.75) is 39.0 Å². The highest BCUT2D eigenvalue weighted by Crippen LogP contribution is 2.39. The standard InChI is InChI=1S/C16H24N4O2/c1-12-18-11-13(15(22)19-12)10-14(21)20-8-4-16(5-9-20)2-6-17-7-3-16/h11,17H,2-10H2,1H3,(H,18,19,22). The monoisotopic (exact) mass is 304 g/mol. The first-order chi connectivity index (χ1) is 10.6. The maximum Gasteiger partial charge on any atom is 0.254 e. The van der Waals surface area contributed by atoms with Gasteiger partial charge in [0.15, 0.2) is 0 Å². The van der Waals surface area contributed by atoms with E-state index in [0.717, 1.165) is 39.0 Å². The molecule has 0 aromatic carbocycles. The summed E-state index contributed by atoms with van der Waals surface area (Å²) in [5.74, 6) is 0.618. The SMILES string of the molecule is Cc1ncc(CC(=O)N2CCC3(CCNCC3)CC2)c(=O)[nH]1. The van der Waals surface area contributed by atoms with Crippen molar-refractivity contribution in [3.63, 3.8) is 0 Å². The molecule has 1 spiro atoms. The summed E-state index contributed by atoms with van der Waals surface area (Å²) in [6.45, 7) is 5.55. The van der Waals surface area contributed by atoms with Gasteiger partial charge in [-0.1, -0.05) is 0 Å². The zero-order valence-electron chi connectivity index (χ0n) is 13.2. The fourth-order valence-electron chi connectivity index (χ4n) is 3.60. The molecule has 2 N–H and O–H groups in total. The lowest BCUT2D eigenvalue weighted by Gasteiger charge is -2.44. The van der Waals surface area contributed by atoms with Crippen molar-refractivity contribution < 1.29 is 4.79 Å². The Kier molecular flexibility index (Phi) is 4.29. The zero-order valence-corrected chi connectivity index (χ0v) is 13.2. The van der Waals surface area contributed by atoms with Gasteiger partial charge in [-0.25, -0.2) is 4.98 Å². The molecule has 0 bridgehead atoms. The first kappa shape index (κ1) is 15.2. The fraction of sp³-hybridized carbons (Fsp3) is 0.688. The molecule has 1 aromatic rings. The molecule has 2 fully saturated rings. The molecular weight excluding hydrogens is 280 g/mol. The van der Waals surface area contributed by atoms with Crippen LogP contribution in [0.15, 0.2) is 11.0 Å². The number of carbonyl (C=O) groups excluding carboxylic acids is 1. The van der Waals surface area contributed by atoms with Gasteiger partial charge in [0.05, 0.1) is 6.42 Å². The number of H-pyrrole nitrogens is 1. The highest BCUT2D eigenvalue weighted by atomic mass is 16.2. The van der Waals surface area contributed by atoms with Gasteiger partial charge in [-0.3, -0.25) is 9.59 Å². The summed E-state index contributed by atoms with van der Waals surface area (Å²) in [4.78, 5) is 32.9. The Morgan fingerprint density at radius 1 is 1.27 bits per heavy atom. The van der Waals surface area contributed by atoms with Crippen LogP contribution in [-0.2, 0) is 11.2 Å². The molecule has 3 rings (SSSR count). The molecule has 120 valence electrons. The summed E-state index contributed by atoms with van der Waals surface area (Å²) >= 11 is 0. The van der Waals surface area contributed by atoms with Crippen LogP contribution in [0.4, 0.5) is 0 Å². The minimum atomic E-state index is -0.201. The number of rotatable bonds is 2. The number of aryl methyl sites for hydroxylation is 1. The Labute approximate surface area is 130 Å². The van der Waals surface area contributed by atoms with E-state index in [9.17, 15) is 9.59 Å². The molecule has 2 aliphatic heterocycles. The van der Waals surface area contributed by atoms with Crippen LogP contribution in [0.25, 0.3) is 0 Å². The second-order valence-electron chi connectivity index (χ2n) is 6.63. The third-order valence-electron chi connectivity index (χ3n) is 5.18. The lowest BCUT2D eigenvalue weighted by atomic mass is 9.71. The van der Waals surface area contributed by atoms with E-state index >= 15 is 0 Å². The van der Waals surface area contributed by atoms with E-state index in [1.165, 1.54) is 19.0 Å². The molecule has 0 radical (unpaired) electrons. The molecule has 1 aromatic heterocycles. The summed E-state index contributed by atoms with van der Waals surface area (Å²) in [5, 5.41) is 3.41. The Morgan fingerprint density at radius 2 is 1.95 bits per heavy atom. The van der Waals surface area contributed by atoms with Gasteiger partial charge in [-0.05, 0) is 51.1 Å². The summed E-state index contributed by atoms with van der Waals surface area (Å²) in [5.41, 5.74) is 0.690. The summed E-state index contributed by atoms with van der Waals surface area (Å²) in [6, 6.07) is 0. The topological polar surface area (TPSA) is 78.1 Å². The van der Waals surface area contributed by atoms with Crippen LogP contribution in [0.5, 0.6) is 0 Å². The number of nitrogens with one attached hydrogen (secondary N) is 2. The number of aromatic nitrogens is 2. The van der Waals surface area contributed by atoms with Crippen molar-refractivity contribution in [1.29, 1.82) is 0 Å². The number of likely N-dealkylation sites (tertiary alicyclic amines) is 1. The van der Waals surface area contributed by atoms with E-state index in [4.69, 9.17) is 0 Å². The largest absolute Gasteiger partial charge is 0.342 e. The molecule has 3 heterocycles. The van der Waals surface area contributed by atoms with Crippen molar-refractivity contribution in [3.8, 4) is 0 Å². The van der Waals surface area contributed by atoms with Crippen molar-refractivity contribution in [3.05, 3.63) is 27.9 Å². The maximum atomic E-state index is 12.4. The predicted octanol–water partition coefficient (Wildman–Crippen LogP) is 0.613. The Hall–Kier alpha value is -1.69. The summed E-state index contributed by atoms with van der Waals surface area (Å²) in [7, 11) is 0. The lowest BCUT2D eigenvalue weighted by molar-refractivity contribution is -0.133. The first-order valence-corrected chi connectivity index (χ1v) is 8.11. The highest BCUT2D eigenvalue weighted by molar-refractivity contribution is 5.78. The van der Waals surface area contributed by atoms with Crippen molar-refractivity contribution >= 4 is 5.91 Å². The zero-order chi connectivity index (χ0) is 15.6. The van der Waals surface area contributed by atoms with Gasteiger partial charge in [0.2, 0.25) is 5.91 Å². The number of piperidine rings is 2. The molecular formula is C16H24N4O2. The predicted molar refractivity (Wildman–Crippen MR) is 83.6 cm³/mol. The Balaban J connectivity index is 1.59. The number of aromatic amines is 1. The molecule has 2 aliphatic rings. The number of nitrogens with zero attached hydrogens (tertiary/aromatic N) is 2. The van der Waals surface area contributed by atoms with Crippen LogP contribution in [0.2, 0.25) is 0 Å². The number of amides is 1. The first-order valence-electron chi connectivity index (χ1n) is 8.11. The Morgan fingerprint density at radius 3 is 2.59 bits per heavy atom. The fourth-order valence-corrected chi connectivity index (χ4v) is 3.60. The lowest BCUT2D eigenvalue weighted by Crippen LogP contribution is -2.47. The van der Waals surface area contributed by atoms with Crippen molar-refractivity contribution in [2.75, 3.05) is 26.2 Å². The molecule has 6 heteroatoms. The normalized spacial score (nSPS) is 21.0. The number of hydrogen-bond donors (Lipinski definition) is 2. The van der Waals surface area contributed by atoms with Crippen LogP contribution in [0, 0.1) is 12.3 Å². The minimum Gasteiger partial charge on any atom is -0.342 e. The number of hydrogen-bond acceptors (Lipinski definition) is 4. The molecule has 0 unspecified atom stereocenters. The molecule has 0 saturated carbocycles. The van der Waals surface area contributed by atoms with Crippen LogP contribution < -0.4 is 10.9 Å². The average Bonchev–Trinajstić information content (AvgIpc) is 2.51. The van der Waals surface area contributed by atoms with E-state index in [-0.39, 0.29) is 17.9 Å². The smallest absolute Gasteiger partial charge is 0.254 e. The van der Waals surface area contributed by atoms with Crippen LogP contribution in [0.3, 0.4) is 0 Å². The number of carbonyl (C=O) groups is 1. The van der Waals surface area contributed by atoms with E-state index in [1.54, 1.807) is 6.92 Å². The molecule has 1 amide bonds. The van der Waals surface area contributed by atoms with Crippen LogP contribution in [0.1, 0.15) is 37.1 Å². The van der Waals surface area contributed by atoms with Gasteiger partial charge in [-0.2, -0.15) is 0 Å². The van der Waals surface area contributed by atoms with Crippen LogP contribution >= 0.6 is 0 Å². The second kappa shape index (κ2) is 6.20. The third-order valence-corrected chi connectivity index (χ3v) is 5.18. The molecule has 6 nitrogen and oxygen atoms in total. The van der Waals surface area contributed by atoms with Gasteiger partial charge >= 0.3 is 0 Å². The Bertz CT molecular complexity index is 594. The van der Waals surface area contributed by atoms with E-state index in [2.05, 4.69) is 15.3 Å². The summed E-state index contributed by atoms with van der Waals surface area (Å²) in [6.07, 6.45) is 6.28. The third kappa shape index (κ3) is 3.21. The molecule has 0 aliphatic carbocycles. The minimum absolute atomic E-state index is 0.0416. The highest BCUT2D eigenvalue weighted by Gasteiger charge is 2.36. The maximum absolute atomic E-state index is 12.4. The second-order valence-corrected chi connectivity index (χ2v) is 6.63. The van der Waals surface area contributed by atoms with Crippen molar-refractivity contribution in [1.82, 2.24) is 20.2 Å². The van der Waals surface area contributed by atoms with E-state index < -0.39 is 0 Å². The molecule has 0 atom stereocenters. The molecule has 22 heavy (non-hydrogen) atoms. The quantitative estimate of drug-likeness (QED) is 0.839. The van der Waals surface area contributed by atoms with Crippen LogP contribution in [-0.4, -0.2) is 47.0 Å². The summed E-state index contributed by atoms with van der Waals surface area (Å²) < 4.78 is 0. The molecule has 2 saturated heterocycles.